The molecule has 0 aliphatic rings. The highest BCUT2D eigenvalue weighted by Crippen LogP contribution is 2.36. The van der Waals surface area contributed by atoms with Crippen molar-refractivity contribution in [3.63, 3.8) is 0 Å². The van der Waals surface area contributed by atoms with Crippen molar-refractivity contribution in [3.8, 4) is 11.3 Å². The van der Waals surface area contributed by atoms with E-state index in [9.17, 15) is 0 Å². The van der Waals surface area contributed by atoms with E-state index in [1.807, 2.05) is 6.07 Å². The summed E-state index contributed by atoms with van der Waals surface area (Å²) < 4.78 is 8.35. The van der Waals surface area contributed by atoms with Gasteiger partial charge >= 0.3 is 0 Å². The average molecular weight is 288 g/mol. The first-order chi connectivity index (χ1) is 10.6. The third-order valence-electron chi connectivity index (χ3n) is 4.31. The van der Waals surface area contributed by atoms with Gasteiger partial charge in [0.2, 0.25) is 5.69 Å². The molecule has 4 rings (SSSR count). The van der Waals surface area contributed by atoms with Crippen molar-refractivity contribution in [2.75, 3.05) is 0 Å². The number of hydrogen-bond donors (Lipinski definition) is 0. The molecule has 0 spiro atoms. The van der Waals surface area contributed by atoms with Crippen molar-refractivity contribution < 1.29 is 8.98 Å². The molecular formula is C20H18NO+. The molecule has 2 nitrogen and oxygen atoms in total. The molecule has 0 radical (unpaired) electrons. The van der Waals surface area contributed by atoms with Gasteiger partial charge in [-0.05, 0) is 37.6 Å². The lowest BCUT2D eigenvalue weighted by Gasteiger charge is -2.04. The number of pyridine rings is 1. The van der Waals surface area contributed by atoms with Gasteiger partial charge in [-0.25, -0.2) is 4.57 Å². The van der Waals surface area contributed by atoms with Crippen LogP contribution >= 0.6 is 0 Å². The lowest BCUT2D eigenvalue weighted by Crippen LogP contribution is -2.30. The van der Waals surface area contributed by atoms with Crippen LogP contribution in [0.3, 0.4) is 0 Å². The number of benzene rings is 2. The van der Waals surface area contributed by atoms with E-state index < -0.39 is 0 Å². The minimum Gasteiger partial charge on any atom is -0.455 e. The molecule has 2 aromatic heterocycles. The van der Waals surface area contributed by atoms with Crippen LogP contribution in [0.5, 0.6) is 0 Å². The van der Waals surface area contributed by atoms with E-state index in [0.717, 1.165) is 11.2 Å². The van der Waals surface area contributed by atoms with E-state index in [4.69, 9.17) is 4.42 Å². The number of rotatable bonds is 1. The first-order valence-corrected chi connectivity index (χ1v) is 7.52. The van der Waals surface area contributed by atoms with Gasteiger partial charge in [-0.3, -0.25) is 0 Å². The van der Waals surface area contributed by atoms with Gasteiger partial charge in [0.15, 0.2) is 6.20 Å². The van der Waals surface area contributed by atoms with Gasteiger partial charge in [0.05, 0.1) is 5.56 Å². The van der Waals surface area contributed by atoms with Crippen LogP contribution in [0.25, 0.3) is 33.2 Å². The monoisotopic (exact) mass is 288 g/mol. The summed E-state index contributed by atoms with van der Waals surface area (Å²) in [5.74, 6) is 0. The average Bonchev–Trinajstić information content (AvgIpc) is 2.86. The highest BCUT2D eigenvalue weighted by molar-refractivity contribution is 6.09. The molecule has 2 heterocycles. The summed E-state index contributed by atoms with van der Waals surface area (Å²) >= 11 is 0. The second-order valence-corrected chi connectivity index (χ2v) is 5.93. The summed E-state index contributed by atoms with van der Waals surface area (Å²) in [5, 5.41) is 2.37. The Morgan fingerprint density at radius 2 is 1.77 bits per heavy atom. The molecule has 0 unspecified atom stereocenters. The number of nitrogens with zero attached hydrogens (tertiary/aromatic N) is 1. The molecule has 0 saturated heterocycles. The zero-order valence-electron chi connectivity index (χ0n) is 13.1. The Morgan fingerprint density at radius 1 is 0.909 bits per heavy atom. The smallest absolute Gasteiger partial charge is 0.216 e. The lowest BCUT2D eigenvalue weighted by atomic mass is 10.0. The Kier molecular flexibility index (Phi) is 2.80. The summed E-state index contributed by atoms with van der Waals surface area (Å²) in [6.07, 6.45) is 2.07. The molecule has 0 aliphatic heterocycles. The third kappa shape index (κ3) is 1.84. The van der Waals surface area contributed by atoms with Crippen LogP contribution < -0.4 is 4.57 Å². The maximum atomic E-state index is 6.22. The Hall–Kier alpha value is -2.61. The maximum Gasteiger partial charge on any atom is 0.216 e. The van der Waals surface area contributed by atoms with Crippen LogP contribution in [0.1, 0.15) is 11.1 Å². The molecule has 0 fully saturated rings. The van der Waals surface area contributed by atoms with Crippen LogP contribution in [-0.4, -0.2) is 0 Å². The maximum absolute atomic E-state index is 6.22. The van der Waals surface area contributed by atoms with Gasteiger partial charge in [0.1, 0.15) is 18.2 Å². The van der Waals surface area contributed by atoms with Crippen LogP contribution in [0, 0.1) is 13.8 Å². The zero-order chi connectivity index (χ0) is 15.3. The fourth-order valence-corrected chi connectivity index (χ4v) is 3.15. The second-order valence-electron chi connectivity index (χ2n) is 5.93. The van der Waals surface area contributed by atoms with Gasteiger partial charge in [0.25, 0.3) is 0 Å². The molecule has 0 aliphatic carbocycles. The van der Waals surface area contributed by atoms with E-state index in [1.54, 1.807) is 0 Å². The summed E-state index contributed by atoms with van der Waals surface area (Å²) in [6.45, 7) is 4.25. The summed E-state index contributed by atoms with van der Waals surface area (Å²) in [7, 11) is 2.07. The molecule has 2 heteroatoms. The van der Waals surface area contributed by atoms with E-state index in [0.29, 0.717) is 0 Å². The number of aromatic nitrogens is 1. The van der Waals surface area contributed by atoms with Crippen LogP contribution in [0.4, 0.5) is 0 Å². The molecule has 0 atom stereocenters. The standard InChI is InChI=1S/C20H18NO/c1-13-7-10-18-16(12-13)15-9-8-14(2)19(20(15)22-18)17-6-4-5-11-21(17)3/h4-12H,1-3H3/q+1. The van der Waals surface area contributed by atoms with Crippen molar-refractivity contribution in [1.29, 1.82) is 0 Å². The molecule has 22 heavy (non-hydrogen) atoms. The Bertz CT molecular complexity index is 1010. The summed E-state index contributed by atoms with van der Waals surface area (Å²) in [5.41, 5.74) is 6.75. The van der Waals surface area contributed by atoms with E-state index >= 15 is 0 Å². The van der Waals surface area contributed by atoms with Gasteiger partial charge in [-0.1, -0.05) is 23.8 Å². The topological polar surface area (TPSA) is 17.0 Å². The number of fused-ring (bicyclic) bond motifs is 3. The van der Waals surface area contributed by atoms with E-state index in [2.05, 4.69) is 74.1 Å². The normalized spacial score (nSPS) is 11.4. The first kappa shape index (κ1) is 13.1. The molecule has 108 valence electrons. The number of furan rings is 1. The third-order valence-corrected chi connectivity index (χ3v) is 4.31. The fourth-order valence-electron chi connectivity index (χ4n) is 3.15. The Morgan fingerprint density at radius 3 is 2.59 bits per heavy atom. The summed E-state index contributed by atoms with van der Waals surface area (Å²) in [4.78, 5) is 0. The van der Waals surface area contributed by atoms with Gasteiger partial charge in [-0.2, -0.15) is 0 Å². The Balaban J connectivity index is 2.16. The van der Waals surface area contributed by atoms with Crippen LogP contribution in [0.15, 0.2) is 59.1 Å². The van der Waals surface area contributed by atoms with Crippen LogP contribution in [0.2, 0.25) is 0 Å². The number of hydrogen-bond acceptors (Lipinski definition) is 1. The van der Waals surface area contributed by atoms with Gasteiger partial charge < -0.3 is 4.42 Å². The SMILES string of the molecule is Cc1ccc2oc3c(-c4cccc[n+]4C)c(C)ccc3c2c1. The lowest BCUT2D eigenvalue weighted by molar-refractivity contribution is -0.660. The van der Waals surface area contributed by atoms with Crippen molar-refractivity contribution in [3.05, 3.63) is 65.9 Å². The van der Waals surface area contributed by atoms with Crippen LogP contribution in [-0.2, 0) is 7.05 Å². The van der Waals surface area contributed by atoms with Crippen molar-refractivity contribution in [1.82, 2.24) is 0 Å². The first-order valence-electron chi connectivity index (χ1n) is 7.52. The fraction of sp³-hybridized carbons (Fsp3) is 0.150. The second kappa shape index (κ2) is 4.70. The van der Waals surface area contributed by atoms with Crippen molar-refractivity contribution in [2.45, 2.75) is 13.8 Å². The summed E-state index contributed by atoms with van der Waals surface area (Å²) in [6, 6.07) is 17.0. The molecule has 0 bridgehead atoms. The number of aryl methyl sites for hydroxylation is 3. The predicted octanol–water partition coefficient (Wildman–Crippen LogP) is 4.69. The predicted molar refractivity (Wildman–Crippen MR) is 89.8 cm³/mol. The highest BCUT2D eigenvalue weighted by Gasteiger charge is 2.19. The zero-order valence-corrected chi connectivity index (χ0v) is 13.1. The quantitative estimate of drug-likeness (QED) is 0.464. The minimum atomic E-state index is 0.950. The molecule has 4 aromatic rings. The van der Waals surface area contributed by atoms with E-state index in [1.165, 1.54) is 33.2 Å². The Labute approximate surface area is 129 Å². The largest absolute Gasteiger partial charge is 0.455 e. The molecule has 0 amide bonds. The molecule has 0 saturated carbocycles. The van der Waals surface area contributed by atoms with Gasteiger partial charge in [-0.15, -0.1) is 0 Å². The van der Waals surface area contributed by atoms with Gasteiger partial charge in [0, 0.05) is 22.9 Å². The minimum absolute atomic E-state index is 0.950. The van der Waals surface area contributed by atoms with Crippen molar-refractivity contribution in [2.24, 2.45) is 7.05 Å². The molecular weight excluding hydrogens is 270 g/mol. The molecule has 2 aromatic carbocycles. The van der Waals surface area contributed by atoms with E-state index in [-0.39, 0.29) is 0 Å². The van der Waals surface area contributed by atoms with Crippen molar-refractivity contribution >= 4 is 21.9 Å². The highest BCUT2D eigenvalue weighted by atomic mass is 16.3. The molecule has 0 N–H and O–H groups in total.